The molecule has 0 aliphatic heterocycles. The van der Waals surface area contributed by atoms with E-state index in [1.807, 2.05) is 6.07 Å². The van der Waals surface area contributed by atoms with E-state index < -0.39 is 29.0 Å². The normalized spacial score (nSPS) is 9.90. The summed E-state index contributed by atoms with van der Waals surface area (Å²) < 4.78 is 43.9. The van der Waals surface area contributed by atoms with Crippen LogP contribution in [-0.4, -0.2) is 5.97 Å². The average molecular weight is 277 g/mol. The van der Waals surface area contributed by atoms with E-state index in [4.69, 9.17) is 10.00 Å². The van der Waals surface area contributed by atoms with Gasteiger partial charge in [-0.25, -0.2) is 18.0 Å². The van der Waals surface area contributed by atoms with Crippen LogP contribution in [-0.2, 0) is 0 Å². The Hall–Kier alpha value is -2.81. The summed E-state index contributed by atoms with van der Waals surface area (Å²) in [6.07, 6.45) is 0. The number of carbonyl (C=O) groups excluding carboxylic acids is 1. The van der Waals surface area contributed by atoms with E-state index in [2.05, 4.69) is 0 Å². The number of nitriles is 1. The van der Waals surface area contributed by atoms with Gasteiger partial charge in [0.25, 0.3) is 0 Å². The summed E-state index contributed by atoms with van der Waals surface area (Å²) in [4.78, 5) is 11.6. The second-order valence-electron chi connectivity index (χ2n) is 3.75. The van der Waals surface area contributed by atoms with Gasteiger partial charge in [-0.2, -0.15) is 5.26 Å². The third-order valence-electron chi connectivity index (χ3n) is 2.45. The lowest BCUT2D eigenvalue weighted by molar-refractivity contribution is 0.0728. The van der Waals surface area contributed by atoms with Crippen LogP contribution < -0.4 is 4.74 Å². The molecule has 0 N–H and O–H groups in total. The second-order valence-corrected chi connectivity index (χ2v) is 3.75. The summed E-state index contributed by atoms with van der Waals surface area (Å²) in [5, 5.41) is 8.60. The first-order valence-electron chi connectivity index (χ1n) is 5.38. The number of halogens is 3. The summed E-state index contributed by atoms with van der Waals surface area (Å²) in [5.41, 5.74) is -0.364. The van der Waals surface area contributed by atoms with Crippen molar-refractivity contribution in [3.63, 3.8) is 0 Å². The lowest BCUT2D eigenvalue weighted by Gasteiger charge is -2.06. The zero-order valence-electron chi connectivity index (χ0n) is 9.86. The van der Waals surface area contributed by atoms with Gasteiger partial charge in [0.15, 0.2) is 17.5 Å². The average Bonchev–Trinajstić information content (AvgIpc) is 2.45. The molecule has 0 aliphatic carbocycles. The molecule has 0 heterocycles. The van der Waals surface area contributed by atoms with Crippen LogP contribution in [0.5, 0.6) is 5.75 Å². The predicted octanol–water partition coefficient (Wildman–Crippen LogP) is 3.19. The number of nitrogens with zero attached hydrogens (tertiary/aromatic N) is 1. The Morgan fingerprint density at radius 2 is 1.65 bits per heavy atom. The maximum Gasteiger partial charge on any atom is 0.346 e. The van der Waals surface area contributed by atoms with Crippen molar-refractivity contribution in [1.29, 1.82) is 5.26 Å². The van der Waals surface area contributed by atoms with Gasteiger partial charge in [-0.05, 0) is 36.4 Å². The Morgan fingerprint density at radius 1 is 1.00 bits per heavy atom. The number of rotatable bonds is 2. The van der Waals surface area contributed by atoms with Crippen molar-refractivity contribution in [2.75, 3.05) is 0 Å². The number of hydrogen-bond acceptors (Lipinski definition) is 3. The summed E-state index contributed by atoms with van der Waals surface area (Å²) in [5.74, 6) is -5.84. The van der Waals surface area contributed by atoms with E-state index in [0.717, 1.165) is 6.07 Å². The Balaban J connectivity index is 2.24. The number of hydrogen-bond donors (Lipinski definition) is 0. The van der Waals surface area contributed by atoms with Gasteiger partial charge in [0.05, 0.1) is 17.2 Å². The van der Waals surface area contributed by atoms with Crippen molar-refractivity contribution >= 4 is 5.97 Å². The molecule has 2 aromatic rings. The molecule has 0 amide bonds. The van der Waals surface area contributed by atoms with Crippen molar-refractivity contribution in [2.24, 2.45) is 0 Å². The molecule has 2 rings (SSSR count). The molecule has 0 bridgehead atoms. The van der Waals surface area contributed by atoms with Gasteiger partial charge in [-0.3, -0.25) is 0 Å². The van der Waals surface area contributed by atoms with Crippen LogP contribution in [0.15, 0.2) is 36.4 Å². The van der Waals surface area contributed by atoms with Gasteiger partial charge in [-0.1, -0.05) is 0 Å². The fourth-order valence-electron chi connectivity index (χ4n) is 1.44. The minimum Gasteiger partial charge on any atom is -0.423 e. The molecule has 0 atom stereocenters. The van der Waals surface area contributed by atoms with Crippen molar-refractivity contribution in [2.45, 2.75) is 0 Å². The fraction of sp³-hybridized carbons (Fsp3) is 0. The van der Waals surface area contributed by atoms with Crippen LogP contribution in [0, 0.1) is 28.8 Å². The number of carbonyl (C=O) groups is 1. The molecule has 0 fully saturated rings. The maximum absolute atomic E-state index is 13.4. The van der Waals surface area contributed by atoms with E-state index in [9.17, 15) is 18.0 Å². The van der Waals surface area contributed by atoms with Crippen LogP contribution >= 0.6 is 0 Å². The molecule has 0 saturated carbocycles. The lowest BCUT2D eigenvalue weighted by atomic mass is 10.2. The zero-order valence-corrected chi connectivity index (χ0v) is 9.86. The van der Waals surface area contributed by atoms with Crippen molar-refractivity contribution in [3.05, 3.63) is 65.0 Å². The maximum atomic E-state index is 13.4. The number of ether oxygens (including phenoxy) is 1. The fourth-order valence-corrected chi connectivity index (χ4v) is 1.44. The van der Waals surface area contributed by atoms with Gasteiger partial charge >= 0.3 is 5.97 Å². The molecule has 3 nitrogen and oxygen atoms in total. The topological polar surface area (TPSA) is 50.1 Å². The summed E-state index contributed by atoms with van der Waals surface area (Å²) >= 11 is 0. The van der Waals surface area contributed by atoms with Crippen molar-refractivity contribution < 1.29 is 22.7 Å². The molecule has 100 valence electrons. The Bertz CT molecular complexity index is 706. The van der Waals surface area contributed by atoms with Crippen LogP contribution in [0.2, 0.25) is 0 Å². The molecule has 0 saturated heterocycles. The second kappa shape index (κ2) is 5.45. The smallest absolute Gasteiger partial charge is 0.346 e. The van der Waals surface area contributed by atoms with Gasteiger partial charge in [0.2, 0.25) is 0 Å². The highest BCUT2D eigenvalue weighted by molar-refractivity contribution is 5.91. The summed E-state index contributed by atoms with van der Waals surface area (Å²) in [7, 11) is 0. The molecule has 0 radical (unpaired) electrons. The van der Waals surface area contributed by atoms with E-state index in [0.29, 0.717) is 11.6 Å². The van der Waals surface area contributed by atoms with Gasteiger partial charge in [0.1, 0.15) is 5.75 Å². The summed E-state index contributed by atoms with van der Waals surface area (Å²) in [6.45, 7) is 0. The SMILES string of the molecule is N#Cc1ccc(OC(=O)c2ccc(F)c(F)c2F)cc1. The van der Waals surface area contributed by atoms with Crippen LogP contribution in [0.25, 0.3) is 0 Å². The van der Waals surface area contributed by atoms with E-state index >= 15 is 0 Å². The van der Waals surface area contributed by atoms with E-state index in [-0.39, 0.29) is 5.75 Å². The molecule has 0 aliphatic rings. The van der Waals surface area contributed by atoms with Gasteiger partial charge in [0, 0.05) is 0 Å². The quantitative estimate of drug-likeness (QED) is 0.481. The largest absolute Gasteiger partial charge is 0.423 e. The Morgan fingerprint density at radius 3 is 2.25 bits per heavy atom. The number of esters is 1. The van der Waals surface area contributed by atoms with E-state index in [1.54, 1.807) is 0 Å². The summed E-state index contributed by atoms with van der Waals surface area (Å²) in [6, 6.07) is 8.74. The van der Waals surface area contributed by atoms with Crippen molar-refractivity contribution in [3.8, 4) is 11.8 Å². The minimum absolute atomic E-state index is 0.0538. The van der Waals surface area contributed by atoms with E-state index in [1.165, 1.54) is 24.3 Å². The Kier molecular flexibility index (Phi) is 3.71. The molecule has 0 spiro atoms. The third kappa shape index (κ3) is 2.62. The molecule has 6 heteroatoms. The van der Waals surface area contributed by atoms with Gasteiger partial charge in [-0.15, -0.1) is 0 Å². The first-order valence-corrected chi connectivity index (χ1v) is 5.38. The molecular formula is C14H6F3NO2. The van der Waals surface area contributed by atoms with Crippen LogP contribution in [0.1, 0.15) is 15.9 Å². The lowest BCUT2D eigenvalue weighted by Crippen LogP contribution is -2.12. The monoisotopic (exact) mass is 277 g/mol. The molecule has 2 aromatic carbocycles. The molecular weight excluding hydrogens is 271 g/mol. The molecule has 0 unspecified atom stereocenters. The zero-order chi connectivity index (χ0) is 14.7. The third-order valence-corrected chi connectivity index (χ3v) is 2.45. The standard InChI is InChI=1S/C14H6F3NO2/c15-11-6-5-10(12(16)13(11)17)14(19)20-9-3-1-8(7-18)2-4-9/h1-6H. The predicted molar refractivity (Wildman–Crippen MR) is 62.4 cm³/mol. The minimum atomic E-state index is -1.74. The first-order chi connectivity index (χ1) is 9.52. The van der Waals surface area contributed by atoms with Crippen LogP contribution in [0.4, 0.5) is 13.2 Å². The van der Waals surface area contributed by atoms with Gasteiger partial charge < -0.3 is 4.74 Å². The highest BCUT2D eigenvalue weighted by atomic mass is 19.2. The highest BCUT2D eigenvalue weighted by Gasteiger charge is 2.20. The van der Waals surface area contributed by atoms with Crippen LogP contribution in [0.3, 0.4) is 0 Å². The highest BCUT2D eigenvalue weighted by Crippen LogP contribution is 2.18. The molecule has 0 aromatic heterocycles. The number of benzene rings is 2. The first kappa shape index (κ1) is 13.6. The Labute approximate surface area is 111 Å². The van der Waals surface area contributed by atoms with Crippen molar-refractivity contribution in [1.82, 2.24) is 0 Å². The molecule has 20 heavy (non-hydrogen) atoms.